The van der Waals surface area contributed by atoms with Gasteiger partial charge in [0, 0.05) is 26.1 Å². The lowest BCUT2D eigenvalue weighted by Crippen LogP contribution is -2.32. The van der Waals surface area contributed by atoms with E-state index in [0.29, 0.717) is 23.8 Å². The molecule has 0 N–H and O–H groups in total. The Hall–Kier alpha value is -1.93. The molecule has 1 aliphatic carbocycles. The summed E-state index contributed by atoms with van der Waals surface area (Å²) in [7, 11) is 1.82. The van der Waals surface area contributed by atoms with Gasteiger partial charge in [-0.1, -0.05) is 61.2 Å². The van der Waals surface area contributed by atoms with Gasteiger partial charge in [-0.3, -0.25) is 14.5 Å². The maximum Gasteiger partial charge on any atom is 0.233 e. The second kappa shape index (κ2) is 9.52. The SMILES string of the molecule is CCC(=O)N(c1nnc(SCC(=O)N(C)Cc2ccc(CC)cc2)s1)C1CC1. The summed E-state index contributed by atoms with van der Waals surface area (Å²) in [4.78, 5) is 28.1. The first-order chi connectivity index (χ1) is 13.5. The zero-order valence-electron chi connectivity index (χ0n) is 16.6. The zero-order chi connectivity index (χ0) is 20.1. The summed E-state index contributed by atoms with van der Waals surface area (Å²) < 4.78 is 0.721. The van der Waals surface area contributed by atoms with Crippen LogP contribution in [0.3, 0.4) is 0 Å². The number of amides is 2. The molecule has 3 rings (SSSR count). The van der Waals surface area contributed by atoms with Crippen molar-refractivity contribution in [3.63, 3.8) is 0 Å². The third-order valence-electron chi connectivity index (χ3n) is 4.68. The van der Waals surface area contributed by atoms with Crippen LogP contribution in [-0.2, 0) is 22.6 Å². The molecule has 2 amide bonds. The Morgan fingerprint density at radius 3 is 2.39 bits per heavy atom. The van der Waals surface area contributed by atoms with E-state index >= 15 is 0 Å². The molecule has 1 fully saturated rings. The second-order valence-corrected chi connectivity index (χ2v) is 9.09. The lowest BCUT2D eigenvalue weighted by atomic mass is 10.1. The number of aryl methyl sites for hydroxylation is 1. The van der Waals surface area contributed by atoms with Crippen LogP contribution in [0.4, 0.5) is 5.13 Å². The van der Waals surface area contributed by atoms with E-state index in [4.69, 9.17) is 0 Å². The van der Waals surface area contributed by atoms with E-state index in [2.05, 4.69) is 41.4 Å². The van der Waals surface area contributed by atoms with Gasteiger partial charge in [0.05, 0.1) is 5.75 Å². The number of carbonyl (C=O) groups excluding carboxylic acids is 2. The molecule has 0 unspecified atom stereocenters. The highest BCUT2D eigenvalue weighted by Gasteiger charge is 2.35. The van der Waals surface area contributed by atoms with Crippen LogP contribution in [0, 0.1) is 0 Å². The largest absolute Gasteiger partial charge is 0.341 e. The lowest BCUT2D eigenvalue weighted by molar-refractivity contribution is -0.127. The Morgan fingerprint density at radius 2 is 1.79 bits per heavy atom. The summed E-state index contributed by atoms with van der Waals surface area (Å²) in [5.74, 6) is 0.439. The van der Waals surface area contributed by atoms with Crippen LogP contribution in [0.5, 0.6) is 0 Å². The predicted octanol–water partition coefficient (Wildman–Crippen LogP) is 3.76. The summed E-state index contributed by atoms with van der Waals surface area (Å²) in [6.45, 7) is 4.58. The van der Waals surface area contributed by atoms with Crippen LogP contribution in [-0.4, -0.2) is 45.8 Å². The monoisotopic (exact) mass is 418 g/mol. The molecule has 0 spiro atoms. The Bertz CT molecular complexity index is 818. The summed E-state index contributed by atoms with van der Waals surface area (Å²) in [5, 5.41) is 8.99. The summed E-state index contributed by atoms with van der Waals surface area (Å²) in [6, 6.07) is 8.63. The maximum absolute atomic E-state index is 12.5. The van der Waals surface area contributed by atoms with Crippen LogP contribution < -0.4 is 4.90 Å². The fourth-order valence-corrected chi connectivity index (χ4v) is 4.67. The molecule has 150 valence electrons. The first-order valence-electron chi connectivity index (χ1n) is 9.62. The normalized spacial score (nSPS) is 13.4. The average Bonchev–Trinajstić information content (AvgIpc) is 3.43. The molecule has 1 aromatic heterocycles. The Balaban J connectivity index is 1.52. The topological polar surface area (TPSA) is 66.4 Å². The van der Waals surface area contributed by atoms with Crippen LogP contribution in [0.2, 0.25) is 0 Å². The standard InChI is InChI=1S/C20H26N4O2S2/c1-4-14-6-8-15(9-7-14)12-23(3)18(26)13-27-20-22-21-19(28-20)24(16-10-11-16)17(25)5-2/h6-9,16H,4-5,10-13H2,1-3H3. The number of rotatable bonds is 9. The Labute approximate surface area is 174 Å². The van der Waals surface area contributed by atoms with Crippen molar-refractivity contribution in [3.8, 4) is 0 Å². The number of thioether (sulfide) groups is 1. The Kier molecular flexibility index (Phi) is 7.07. The molecule has 8 heteroatoms. The van der Waals surface area contributed by atoms with Crippen molar-refractivity contribution in [1.82, 2.24) is 15.1 Å². The van der Waals surface area contributed by atoms with Crippen molar-refractivity contribution < 1.29 is 9.59 Å². The van der Waals surface area contributed by atoms with Gasteiger partial charge in [-0.2, -0.15) is 0 Å². The number of hydrogen-bond donors (Lipinski definition) is 0. The molecule has 1 heterocycles. The summed E-state index contributed by atoms with van der Waals surface area (Å²) in [5.41, 5.74) is 2.41. The molecule has 0 aliphatic heterocycles. The van der Waals surface area contributed by atoms with Gasteiger partial charge < -0.3 is 4.90 Å². The van der Waals surface area contributed by atoms with Gasteiger partial charge in [0.25, 0.3) is 0 Å². The van der Waals surface area contributed by atoms with E-state index in [0.717, 1.165) is 29.2 Å². The van der Waals surface area contributed by atoms with Gasteiger partial charge in [0.2, 0.25) is 16.9 Å². The molecule has 0 radical (unpaired) electrons. The fraction of sp³-hybridized carbons (Fsp3) is 0.500. The number of benzene rings is 1. The molecule has 2 aromatic rings. The van der Waals surface area contributed by atoms with Crippen molar-refractivity contribution in [2.24, 2.45) is 0 Å². The second-order valence-electron chi connectivity index (χ2n) is 6.91. The molecular formula is C20H26N4O2S2. The van der Waals surface area contributed by atoms with Crippen LogP contribution in [0.25, 0.3) is 0 Å². The van der Waals surface area contributed by atoms with Crippen LogP contribution in [0.1, 0.15) is 44.2 Å². The number of aromatic nitrogens is 2. The van der Waals surface area contributed by atoms with Gasteiger partial charge in [-0.05, 0) is 30.4 Å². The minimum absolute atomic E-state index is 0.0463. The highest BCUT2D eigenvalue weighted by molar-refractivity contribution is 8.01. The third kappa shape index (κ3) is 5.32. The first kappa shape index (κ1) is 20.8. The number of anilines is 1. The molecule has 28 heavy (non-hydrogen) atoms. The first-order valence-corrected chi connectivity index (χ1v) is 11.4. The molecule has 1 aliphatic rings. The highest BCUT2D eigenvalue weighted by atomic mass is 32.2. The van der Waals surface area contributed by atoms with E-state index in [1.54, 1.807) is 9.80 Å². The molecule has 1 aromatic carbocycles. The van der Waals surface area contributed by atoms with E-state index in [1.165, 1.54) is 28.7 Å². The fourth-order valence-electron chi connectivity index (χ4n) is 2.80. The maximum atomic E-state index is 12.5. The minimum atomic E-state index is 0.0463. The van der Waals surface area contributed by atoms with Gasteiger partial charge >= 0.3 is 0 Å². The molecule has 6 nitrogen and oxygen atoms in total. The van der Waals surface area contributed by atoms with Gasteiger partial charge in [0.15, 0.2) is 4.34 Å². The summed E-state index contributed by atoms with van der Waals surface area (Å²) in [6.07, 6.45) is 3.52. The van der Waals surface area contributed by atoms with Gasteiger partial charge in [-0.15, -0.1) is 10.2 Å². The van der Waals surface area contributed by atoms with Gasteiger partial charge in [-0.25, -0.2) is 0 Å². The minimum Gasteiger partial charge on any atom is -0.341 e. The van der Waals surface area contributed by atoms with Crippen LogP contribution >= 0.6 is 23.1 Å². The summed E-state index contributed by atoms with van der Waals surface area (Å²) >= 11 is 2.77. The van der Waals surface area contributed by atoms with Crippen molar-refractivity contribution in [2.75, 3.05) is 17.7 Å². The number of nitrogens with zero attached hydrogens (tertiary/aromatic N) is 4. The smallest absolute Gasteiger partial charge is 0.233 e. The van der Waals surface area contributed by atoms with Crippen molar-refractivity contribution in [2.45, 2.75) is 56.5 Å². The van der Waals surface area contributed by atoms with E-state index in [9.17, 15) is 9.59 Å². The molecule has 0 saturated heterocycles. The molecule has 0 bridgehead atoms. The van der Waals surface area contributed by atoms with E-state index in [1.807, 2.05) is 14.0 Å². The zero-order valence-corrected chi connectivity index (χ0v) is 18.2. The third-order valence-corrected chi connectivity index (χ3v) is 6.72. The predicted molar refractivity (Wildman–Crippen MR) is 114 cm³/mol. The molecular weight excluding hydrogens is 392 g/mol. The van der Waals surface area contributed by atoms with Crippen molar-refractivity contribution >= 4 is 40.0 Å². The van der Waals surface area contributed by atoms with Crippen molar-refractivity contribution in [1.29, 1.82) is 0 Å². The van der Waals surface area contributed by atoms with Crippen LogP contribution in [0.15, 0.2) is 28.6 Å². The molecule has 1 saturated carbocycles. The highest BCUT2D eigenvalue weighted by Crippen LogP contribution is 2.36. The van der Waals surface area contributed by atoms with E-state index < -0.39 is 0 Å². The average molecular weight is 419 g/mol. The molecule has 0 atom stereocenters. The van der Waals surface area contributed by atoms with Crippen molar-refractivity contribution in [3.05, 3.63) is 35.4 Å². The Morgan fingerprint density at radius 1 is 1.11 bits per heavy atom. The lowest BCUT2D eigenvalue weighted by Gasteiger charge is -2.17. The number of hydrogen-bond acceptors (Lipinski definition) is 6. The number of carbonyl (C=O) groups is 2. The van der Waals surface area contributed by atoms with E-state index in [-0.39, 0.29) is 17.9 Å². The van der Waals surface area contributed by atoms with Gasteiger partial charge in [0.1, 0.15) is 0 Å². The quantitative estimate of drug-likeness (QED) is 0.458.